The number of carboxylic acids is 1. The maximum atomic E-state index is 10.5. The second-order valence-corrected chi connectivity index (χ2v) is 3.65. The molecule has 0 radical (unpaired) electrons. The quantitative estimate of drug-likeness (QED) is 0.680. The van der Waals surface area contributed by atoms with Crippen LogP contribution in [0.2, 0.25) is 0 Å². The second-order valence-electron chi connectivity index (χ2n) is 3.65. The lowest BCUT2D eigenvalue weighted by Gasteiger charge is -2.45. The molecule has 1 N–H and O–H groups in total. The summed E-state index contributed by atoms with van der Waals surface area (Å²) < 4.78 is 0. The Morgan fingerprint density at radius 2 is 1.91 bits per heavy atom. The zero-order valence-corrected chi connectivity index (χ0v) is 7.26. The lowest BCUT2D eigenvalue weighted by molar-refractivity contribution is -0.150. The van der Waals surface area contributed by atoms with E-state index >= 15 is 0 Å². The summed E-state index contributed by atoms with van der Waals surface area (Å²) in [7, 11) is 0. The Labute approximate surface area is 67.6 Å². The molecule has 1 saturated carbocycles. The van der Waals surface area contributed by atoms with E-state index in [1.54, 1.807) is 0 Å². The number of rotatable bonds is 3. The molecule has 0 heterocycles. The van der Waals surface area contributed by atoms with Crippen LogP contribution in [0.4, 0.5) is 0 Å². The van der Waals surface area contributed by atoms with E-state index in [0.717, 1.165) is 25.7 Å². The van der Waals surface area contributed by atoms with Gasteiger partial charge in [0.25, 0.3) is 0 Å². The topological polar surface area (TPSA) is 37.3 Å². The first kappa shape index (κ1) is 8.57. The van der Waals surface area contributed by atoms with Crippen LogP contribution in [0.3, 0.4) is 0 Å². The van der Waals surface area contributed by atoms with E-state index in [0.29, 0.717) is 5.41 Å². The summed E-state index contributed by atoms with van der Waals surface area (Å²) in [6.45, 7) is 4.31. The smallest absolute Gasteiger partial charge is 0.306 e. The first-order valence-corrected chi connectivity index (χ1v) is 4.36. The monoisotopic (exact) mass is 156 g/mol. The van der Waals surface area contributed by atoms with Crippen LogP contribution >= 0.6 is 0 Å². The Morgan fingerprint density at radius 1 is 1.45 bits per heavy atom. The number of carboxylic acid groups (broad SMARTS) is 1. The van der Waals surface area contributed by atoms with Gasteiger partial charge in [-0.2, -0.15) is 0 Å². The summed E-state index contributed by atoms with van der Waals surface area (Å²) in [5.74, 6) is -0.655. The Bertz CT molecular complexity index is 151. The first-order chi connectivity index (χ1) is 5.13. The van der Waals surface area contributed by atoms with Crippen LogP contribution in [0.15, 0.2) is 0 Å². The van der Waals surface area contributed by atoms with Crippen molar-refractivity contribution in [1.29, 1.82) is 0 Å². The average Bonchev–Trinajstić information content (AvgIpc) is 1.87. The van der Waals surface area contributed by atoms with Crippen molar-refractivity contribution in [2.75, 3.05) is 0 Å². The van der Waals surface area contributed by atoms with Crippen LogP contribution in [-0.4, -0.2) is 11.1 Å². The van der Waals surface area contributed by atoms with E-state index in [9.17, 15) is 4.79 Å². The predicted octanol–water partition coefficient (Wildman–Crippen LogP) is 2.29. The predicted molar refractivity (Wildman–Crippen MR) is 43.4 cm³/mol. The Morgan fingerprint density at radius 3 is 2.18 bits per heavy atom. The zero-order valence-electron chi connectivity index (χ0n) is 7.26. The highest BCUT2D eigenvalue weighted by Gasteiger charge is 2.44. The van der Waals surface area contributed by atoms with Crippen LogP contribution in [0, 0.1) is 11.3 Å². The van der Waals surface area contributed by atoms with Crippen molar-refractivity contribution in [2.24, 2.45) is 11.3 Å². The van der Waals surface area contributed by atoms with Gasteiger partial charge >= 0.3 is 5.97 Å². The summed E-state index contributed by atoms with van der Waals surface area (Å²) >= 11 is 0. The minimum Gasteiger partial charge on any atom is -0.481 e. The third kappa shape index (κ3) is 1.39. The van der Waals surface area contributed by atoms with E-state index in [1.165, 1.54) is 0 Å². The lowest BCUT2D eigenvalue weighted by Crippen LogP contribution is -2.40. The fourth-order valence-electron chi connectivity index (χ4n) is 1.99. The molecule has 0 aliphatic heterocycles. The van der Waals surface area contributed by atoms with Crippen molar-refractivity contribution in [1.82, 2.24) is 0 Å². The van der Waals surface area contributed by atoms with Gasteiger partial charge in [0.1, 0.15) is 0 Å². The van der Waals surface area contributed by atoms with E-state index in [-0.39, 0.29) is 5.92 Å². The number of hydrogen-bond donors (Lipinski definition) is 1. The molecule has 1 rings (SSSR count). The molecule has 0 saturated heterocycles. The van der Waals surface area contributed by atoms with Crippen molar-refractivity contribution in [3.8, 4) is 0 Å². The molecule has 11 heavy (non-hydrogen) atoms. The largest absolute Gasteiger partial charge is 0.481 e. The highest BCUT2D eigenvalue weighted by atomic mass is 16.4. The molecule has 1 fully saturated rings. The minimum atomic E-state index is -0.609. The second kappa shape index (κ2) is 2.84. The highest BCUT2D eigenvalue weighted by molar-refractivity contribution is 5.71. The molecule has 2 heteroatoms. The third-order valence-corrected chi connectivity index (χ3v) is 3.21. The van der Waals surface area contributed by atoms with Gasteiger partial charge in [0.15, 0.2) is 0 Å². The van der Waals surface area contributed by atoms with Crippen LogP contribution in [-0.2, 0) is 4.79 Å². The SMILES string of the molecule is CCC1(CC)CC(C(=O)O)C1. The molecule has 0 aromatic rings. The molecule has 0 aromatic carbocycles. The number of hydrogen-bond acceptors (Lipinski definition) is 1. The highest BCUT2D eigenvalue weighted by Crippen LogP contribution is 2.50. The van der Waals surface area contributed by atoms with E-state index in [1.807, 2.05) is 0 Å². The Hall–Kier alpha value is -0.530. The molecule has 2 nitrogen and oxygen atoms in total. The van der Waals surface area contributed by atoms with Crippen molar-refractivity contribution in [2.45, 2.75) is 39.5 Å². The molecule has 64 valence electrons. The van der Waals surface area contributed by atoms with Crippen molar-refractivity contribution < 1.29 is 9.90 Å². The van der Waals surface area contributed by atoms with E-state index in [2.05, 4.69) is 13.8 Å². The van der Waals surface area contributed by atoms with Crippen molar-refractivity contribution in [3.63, 3.8) is 0 Å². The zero-order chi connectivity index (χ0) is 8.48. The fraction of sp³-hybridized carbons (Fsp3) is 0.889. The molecule has 1 aliphatic carbocycles. The van der Waals surface area contributed by atoms with Crippen molar-refractivity contribution in [3.05, 3.63) is 0 Å². The van der Waals surface area contributed by atoms with Gasteiger partial charge in [-0.3, -0.25) is 4.79 Å². The van der Waals surface area contributed by atoms with E-state index in [4.69, 9.17) is 5.11 Å². The van der Waals surface area contributed by atoms with E-state index < -0.39 is 5.97 Å². The molecule has 0 amide bonds. The molecule has 0 unspecified atom stereocenters. The molecular formula is C9H16O2. The first-order valence-electron chi connectivity index (χ1n) is 4.36. The third-order valence-electron chi connectivity index (χ3n) is 3.21. The van der Waals surface area contributed by atoms with Gasteiger partial charge in [0, 0.05) is 0 Å². The van der Waals surface area contributed by atoms with Gasteiger partial charge in [-0.15, -0.1) is 0 Å². The molecule has 1 aliphatic rings. The molecule has 0 atom stereocenters. The van der Waals surface area contributed by atoms with Crippen LogP contribution < -0.4 is 0 Å². The van der Waals surface area contributed by atoms with Crippen molar-refractivity contribution >= 4 is 5.97 Å². The lowest BCUT2D eigenvalue weighted by atomic mass is 9.59. The molecular weight excluding hydrogens is 140 g/mol. The number of carbonyl (C=O) groups is 1. The standard InChI is InChI=1S/C9H16O2/c1-3-9(4-2)5-7(6-9)8(10)11/h7H,3-6H2,1-2H3,(H,10,11). The summed E-state index contributed by atoms with van der Waals surface area (Å²) in [6, 6.07) is 0. The summed E-state index contributed by atoms with van der Waals surface area (Å²) in [4.78, 5) is 10.5. The van der Waals surface area contributed by atoms with Gasteiger partial charge in [-0.1, -0.05) is 26.7 Å². The molecule has 0 bridgehead atoms. The van der Waals surface area contributed by atoms with Gasteiger partial charge in [0.2, 0.25) is 0 Å². The van der Waals surface area contributed by atoms with Gasteiger partial charge in [-0.05, 0) is 18.3 Å². The van der Waals surface area contributed by atoms with Crippen LogP contribution in [0.5, 0.6) is 0 Å². The van der Waals surface area contributed by atoms with Crippen LogP contribution in [0.1, 0.15) is 39.5 Å². The van der Waals surface area contributed by atoms with Gasteiger partial charge in [0.05, 0.1) is 5.92 Å². The van der Waals surface area contributed by atoms with Gasteiger partial charge < -0.3 is 5.11 Å². The summed E-state index contributed by atoms with van der Waals surface area (Å²) in [5, 5.41) is 8.66. The maximum absolute atomic E-state index is 10.5. The molecule has 0 aromatic heterocycles. The maximum Gasteiger partial charge on any atom is 0.306 e. The normalized spacial score (nSPS) is 22.7. The fourth-order valence-corrected chi connectivity index (χ4v) is 1.99. The van der Waals surface area contributed by atoms with Gasteiger partial charge in [-0.25, -0.2) is 0 Å². The Balaban J connectivity index is 2.41. The average molecular weight is 156 g/mol. The summed E-state index contributed by atoms with van der Waals surface area (Å²) in [6.07, 6.45) is 4.06. The Kier molecular flexibility index (Phi) is 2.21. The minimum absolute atomic E-state index is 0.0464. The van der Waals surface area contributed by atoms with Crippen LogP contribution in [0.25, 0.3) is 0 Å². The number of aliphatic carboxylic acids is 1. The summed E-state index contributed by atoms with van der Waals surface area (Å²) in [5.41, 5.74) is 0.378. The molecule has 0 spiro atoms.